The molecule has 1 saturated heterocycles. The number of ether oxygens (including phenoxy) is 2. The van der Waals surface area contributed by atoms with Crippen molar-refractivity contribution >= 4 is 11.6 Å². The number of hydrogen-bond acceptors (Lipinski definition) is 6. The maximum atomic E-state index is 12.5. The third-order valence-corrected chi connectivity index (χ3v) is 9.72. The highest BCUT2D eigenvalue weighted by molar-refractivity contribution is 5.83. The lowest BCUT2D eigenvalue weighted by molar-refractivity contribution is -0.225. The molecular weight excluding hydrogens is 360 g/mol. The average molecular weight is 392 g/mol. The summed E-state index contributed by atoms with van der Waals surface area (Å²) in [6, 6.07) is 0. The Morgan fingerprint density at radius 1 is 1.18 bits per heavy atom. The minimum atomic E-state index is -1.06. The molecule has 4 saturated carbocycles. The van der Waals surface area contributed by atoms with Crippen LogP contribution in [0.3, 0.4) is 0 Å². The molecule has 2 N–H and O–H groups in total. The number of methoxy groups -OCH3 is 1. The molecular formula is C22H32O6. The molecule has 8 atom stereocenters. The van der Waals surface area contributed by atoms with Crippen molar-refractivity contribution in [1.82, 2.24) is 0 Å². The third kappa shape index (κ3) is 1.98. The van der Waals surface area contributed by atoms with E-state index in [1.807, 2.05) is 0 Å². The van der Waals surface area contributed by atoms with E-state index in [0.29, 0.717) is 25.7 Å². The molecule has 0 aromatic carbocycles. The lowest BCUT2D eigenvalue weighted by Gasteiger charge is -2.62. The number of ketones is 2. The van der Waals surface area contributed by atoms with Crippen LogP contribution in [0.5, 0.6) is 0 Å². The van der Waals surface area contributed by atoms with Crippen LogP contribution in [-0.2, 0) is 19.1 Å². The molecule has 1 heterocycles. The fourth-order valence-electron chi connectivity index (χ4n) is 8.68. The minimum absolute atomic E-state index is 0.0496. The molecule has 6 heteroatoms. The Labute approximate surface area is 166 Å². The van der Waals surface area contributed by atoms with Crippen LogP contribution in [0, 0.1) is 28.6 Å². The molecule has 1 spiro atoms. The molecule has 6 nitrogen and oxygen atoms in total. The average Bonchev–Trinajstić information content (AvgIpc) is 3.13. The molecule has 0 unspecified atom stereocenters. The lowest BCUT2D eigenvalue weighted by Crippen LogP contribution is -2.67. The Balaban J connectivity index is 1.60. The Bertz CT molecular complexity index is 722. The molecule has 2 bridgehead atoms. The van der Waals surface area contributed by atoms with Gasteiger partial charge in [-0.05, 0) is 56.3 Å². The SMILES string of the molecule is CO[C@@H]1O[C@]23CC[C@@]4(O)CC(=O)CC[C@]14[C@@H]2CC[C@]1(C)[C@H](C(=O)CO)CC[C@@H]13. The molecule has 5 fully saturated rings. The zero-order chi connectivity index (χ0) is 19.9. The molecule has 0 aromatic rings. The first-order valence-electron chi connectivity index (χ1n) is 10.9. The van der Waals surface area contributed by atoms with Gasteiger partial charge in [-0.2, -0.15) is 0 Å². The maximum absolute atomic E-state index is 12.5. The Kier molecular flexibility index (Phi) is 4.02. The van der Waals surface area contributed by atoms with Crippen LogP contribution in [0.15, 0.2) is 0 Å². The van der Waals surface area contributed by atoms with Crippen molar-refractivity contribution in [1.29, 1.82) is 0 Å². The highest BCUT2D eigenvalue weighted by Gasteiger charge is 2.79. The third-order valence-electron chi connectivity index (χ3n) is 9.72. The van der Waals surface area contributed by atoms with E-state index in [-0.39, 0.29) is 41.2 Å². The molecule has 0 aromatic heterocycles. The van der Waals surface area contributed by atoms with Gasteiger partial charge in [0.25, 0.3) is 0 Å². The zero-order valence-corrected chi connectivity index (χ0v) is 16.9. The summed E-state index contributed by atoms with van der Waals surface area (Å²) in [4.78, 5) is 24.7. The second kappa shape index (κ2) is 5.87. The van der Waals surface area contributed by atoms with Gasteiger partial charge < -0.3 is 19.7 Å². The Morgan fingerprint density at radius 3 is 2.68 bits per heavy atom. The van der Waals surface area contributed by atoms with Crippen LogP contribution in [0.1, 0.15) is 64.7 Å². The van der Waals surface area contributed by atoms with Gasteiger partial charge in [-0.3, -0.25) is 9.59 Å². The van der Waals surface area contributed by atoms with E-state index in [1.165, 1.54) is 0 Å². The number of carbonyl (C=O) groups is 2. The predicted molar refractivity (Wildman–Crippen MR) is 99.2 cm³/mol. The van der Waals surface area contributed by atoms with Crippen molar-refractivity contribution in [3.63, 3.8) is 0 Å². The molecule has 0 radical (unpaired) electrons. The number of aliphatic hydroxyl groups excluding tert-OH is 1. The summed E-state index contributed by atoms with van der Waals surface area (Å²) >= 11 is 0. The molecule has 4 aliphatic carbocycles. The first-order chi connectivity index (χ1) is 13.3. The number of hydrogen-bond donors (Lipinski definition) is 2. The smallest absolute Gasteiger partial charge is 0.166 e. The fraction of sp³-hybridized carbons (Fsp3) is 0.909. The zero-order valence-electron chi connectivity index (χ0n) is 16.9. The highest BCUT2D eigenvalue weighted by atomic mass is 16.7. The van der Waals surface area contributed by atoms with Gasteiger partial charge in [-0.25, -0.2) is 0 Å². The van der Waals surface area contributed by atoms with Crippen molar-refractivity contribution in [2.45, 2.75) is 82.2 Å². The number of Topliss-reactive ketones (excluding diaryl/α,β-unsaturated/α-hetero) is 2. The lowest BCUT2D eigenvalue weighted by atomic mass is 9.42. The normalized spacial score (nSPS) is 54.8. The fourth-order valence-corrected chi connectivity index (χ4v) is 8.68. The van der Waals surface area contributed by atoms with Gasteiger partial charge in [0.05, 0.1) is 16.6 Å². The quantitative estimate of drug-likeness (QED) is 0.763. The van der Waals surface area contributed by atoms with Gasteiger partial charge in [0.15, 0.2) is 12.1 Å². The number of rotatable bonds is 3. The molecule has 28 heavy (non-hydrogen) atoms. The monoisotopic (exact) mass is 392 g/mol. The summed E-state index contributed by atoms with van der Waals surface area (Å²) in [6.07, 6.45) is 5.54. The first-order valence-corrected chi connectivity index (χ1v) is 10.9. The van der Waals surface area contributed by atoms with Crippen LogP contribution < -0.4 is 0 Å². The number of carbonyl (C=O) groups excluding carboxylic acids is 2. The van der Waals surface area contributed by atoms with Crippen molar-refractivity contribution in [3.8, 4) is 0 Å². The summed E-state index contributed by atoms with van der Waals surface area (Å²) in [5.74, 6) is 0.341. The molecule has 1 aliphatic heterocycles. The number of fused-ring (bicyclic) bond motifs is 1. The summed E-state index contributed by atoms with van der Waals surface area (Å²) < 4.78 is 12.6. The largest absolute Gasteiger partial charge is 0.389 e. The van der Waals surface area contributed by atoms with Gasteiger partial charge in [0.2, 0.25) is 0 Å². The summed E-state index contributed by atoms with van der Waals surface area (Å²) in [5.41, 5.74) is -2.17. The number of aliphatic hydroxyl groups is 2. The van der Waals surface area contributed by atoms with Gasteiger partial charge >= 0.3 is 0 Å². The van der Waals surface area contributed by atoms with E-state index < -0.39 is 29.5 Å². The Morgan fingerprint density at radius 2 is 1.96 bits per heavy atom. The van der Waals surface area contributed by atoms with Crippen molar-refractivity contribution < 1.29 is 29.3 Å². The Hall–Kier alpha value is -0.820. The van der Waals surface area contributed by atoms with E-state index in [9.17, 15) is 19.8 Å². The van der Waals surface area contributed by atoms with Gasteiger partial charge in [0, 0.05) is 31.8 Å². The minimum Gasteiger partial charge on any atom is -0.389 e. The van der Waals surface area contributed by atoms with Gasteiger partial charge in [-0.15, -0.1) is 0 Å². The predicted octanol–water partition coefficient (Wildman–Crippen LogP) is 2.00. The van der Waals surface area contributed by atoms with Crippen LogP contribution in [0.4, 0.5) is 0 Å². The second-order valence-electron chi connectivity index (χ2n) is 10.3. The molecule has 156 valence electrons. The van der Waals surface area contributed by atoms with Crippen molar-refractivity contribution in [2.24, 2.45) is 28.6 Å². The van der Waals surface area contributed by atoms with Crippen LogP contribution in [0.25, 0.3) is 0 Å². The summed E-state index contributed by atoms with van der Waals surface area (Å²) in [7, 11) is 1.64. The maximum Gasteiger partial charge on any atom is 0.166 e. The molecule has 0 amide bonds. The molecule has 5 aliphatic rings. The second-order valence-corrected chi connectivity index (χ2v) is 10.3. The van der Waals surface area contributed by atoms with E-state index in [0.717, 1.165) is 25.7 Å². The van der Waals surface area contributed by atoms with Crippen LogP contribution in [0.2, 0.25) is 0 Å². The topological polar surface area (TPSA) is 93.1 Å². The molecule has 5 rings (SSSR count). The first kappa shape index (κ1) is 19.2. The van der Waals surface area contributed by atoms with E-state index in [4.69, 9.17) is 9.47 Å². The van der Waals surface area contributed by atoms with E-state index in [2.05, 4.69) is 6.92 Å². The van der Waals surface area contributed by atoms with Gasteiger partial charge in [0.1, 0.15) is 12.4 Å². The van der Waals surface area contributed by atoms with E-state index in [1.54, 1.807) is 7.11 Å². The van der Waals surface area contributed by atoms with Crippen molar-refractivity contribution in [3.05, 3.63) is 0 Å². The van der Waals surface area contributed by atoms with Crippen molar-refractivity contribution in [2.75, 3.05) is 13.7 Å². The summed E-state index contributed by atoms with van der Waals surface area (Å²) in [6.45, 7) is 1.81. The summed E-state index contributed by atoms with van der Waals surface area (Å²) in [5, 5.41) is 21.2. The highest BCUT2D eigenvalue weighted by Crippen LogP contribution is 2.75. The van der Waals surface area contributed by atoms with E-state index >= 15 is 0 Å². The standard InChI is InChI=1S/C22H32O6/c1-19-7-6-17-21-8-5-13(24)11-20(21,26)9-10-22(17,28-18(21)27-2)16(19)4-3-14(19)15(25)12-23/h14,16-18,23,26H,3-12H2,1-2H3/t14-,16-,17-,18+,19+,20+,21-,22-/m0/s1. The van der Waals surface area contributed by atoms with Crippen LogP contribution >= 0.6 is 0 Å². The van der Waals surface area contributed by atoms with Crippen LogP contribution in [-0.4, -0.2) is 53.0 Å². The van der Waals surface area contributed by atoms with Gasteiger partial charge in [-0.1, -0.05) is 6.92 Å².